The molecule has 1 aliphatic rings. The van der Waals surface area contributed by atoms with Crippen LogP contribution in [0.25, 0.3) is 0 Å². The van der Waals surface area contributed by atoms with E-state index < -0.39 is 7.29 Å². The fourth-order valence-electron chi connectivity index (χ4n) is 3.01. The van der Waals surface area contributed by atoms with Crippen LogP contribution in [-0.4, -0.2) is 17.8 Å². The summed E-state index contributed by atoms with van der Waals surface area (Å²) in [5.41, 5.74) is 0. The summed E-state index contributed by atoms with van der Waals surface area (Å²) < 4.78 is 16.2. The van der Waals surface area contributed by atoms with Crippen LogP contribution >= 0.6 is 7.29 Å². The Labute approximate surface area is 127 Å². The van der Waals surface area contributed by atoms with Crippen LogP contribution in [0.2, 0.25) is 0 Å². The normalized spacial score (nSPS) is 17.8. The average molecular weight is 299 g/mol. The molecule has 3 heteroatoms. The van der Waals surface area contributed by atoms with E-state index in [-0.39, 0.29) is 0 Å². The van der Waals surface area contributed by atoms with Crippen molar-refractivity contribution < 1.29 is 4.57 Å². The zero-order chi connectivity index (χ0) is 14.7. The van der Waals surface area contributed by atoms with Gasteiger partial charge in [0, 0.05) is 23.7 Å². The van der Waals surface area contributed by atoms with Crippen LogP contribution < -0.4 is 10.6 Å². The van der Waals surface area contributed by atoms with Crippen molar-refractivity contribution in [2.75, 3.05) is 13.1 Å². The van der Waals surface area contributed by atoms with Crippen molar-refractivity contribution in [3.8, 4) is 0 Å². The fraction of sp³-hybridized carbons (Fsp3) is 0.333. The lowest BCUT2D eigenvalue weighted by Crippen LogP contribution is -2.37. The summed E-state index contributed by atoms with van der Waals surface area (Å²) in [6, 6.07) is 19.9. The second kappa shape index (κ2) is 6.17. The lowest BCUT2D eigenvalue weighted by molar-refractivity contribution is 0.291. The fourth-order valence-corrected chi connectivity index (χ4v) is 5.91. The maximum absolute atomic E-state index is 14.0. The van der Waals surface area contributed by atoms with Crippen LogP contribution in [0.4, 0.5) is 0 Å². The Kier molecular flexibility index (Phi) is 4.28. The topological polar surface area (TPSA) is 20.3 Å². The van der Waals surface area contributed by atoms with Crippen molar-refractivity contribution in [1.82, 2.24) is 4.67 Å². The van der Waals surface area contributed by atoms with E-state index in [2.05, 4.69) is 11.6 Å². The van der Waals surface area contributed by atoms with Crippen LogP contribution in [0.15, 0.2) is 60.7 Å². The minimum atomic E-state index is -2.69. The van der Waals surface area contributed by atoms with Gasteiger partial charge in [-0.2, -0.15) is 0 Å². The van der Waals surface area contributed by atoms with E-state index >= 15 is 0 Å². The molecule has 1 heterocycles. The van der Waals surface area contributed by atoms with Crippen LogP contribution in [0.5, 0.6) is 0 Å². The van der Waals surface area contributed by atoms with Crippen molar-refractivity contribution >= 4 is 17.9 Å². The van der Waals surface area contributed by atoms with E-state index in [1.807, 2.05) is 60.7 Å². The van der Waals surface area contributed by atoms with Gasteiger partial charge in [0.25, 0.3) is 0 Å². The summed E-state index contributed by atoms with van der Waals surface area (Å²) in [4.78, 5) is 0. The number of hydrogen-bond acceptors (Lipinski definition) is 1. The third-order valence-corrected chi connectivity index (χ3v) is 7.56. The molecule has 0 unspecified atom stereocenters. The number of hydrogen-bond donors (Lipinski definition) is 0. The molecule has 0 amide bonds. The predicted molar refractivity (Wildman–Crippen MR) is 89.7 cm³/mol. The first-order valence-electron chi connectivity index (χ1n) is 7.68. The second-order valence-electron chi connectivity index (χ2n) is 5.88. The first-order chi connectivity index (χ1) is 10.2. The minimum absolute atomic E-state index is 0.737. The second-order valence-corrected chi connectivity index (χ2v) is 8.63. The third kappa shape index (κ3) is 2.84. The molecule has 0 spiro atoms. The van der Waals surface area contributed by atoms with Gasteiger partial charge in [0.15, 0.2) is 0 Å². The highest BCUT2D eigenvalue weighted by Crippen LogP contribution is 2.49. The zero-order valence-corrected chi connectivity index (χ0v) is 13.4. The lowest BCUT2D eigenvalue weighted by atomic mass is 10.0. The highest BCUT2D eigenvalue weighted by Gasteiger charge is 2.35. The molecule has 2 nitrogen and oxygen atoms in total. The van der Waals surface area contributed by atoms with Crippen LogP contribution in [0.1, 0.15) is 19.8 Å². The van der Waals surface area contributed by atoms with Gasteiger partial charge in [-0.15, -0.1) is 0 Å². The highest BCUT2D eigenvalue weighted by atomic mass is 31.2. The molecule has 21 heavy (non-hydrogen) atoms. The molecule has 0 aliphatic carbocycles. The molecule has 1 saturated heterocycles. The van der Waals surface area contributed by atoms with Gasteiger partial charge in [-0.3, -0.25) is 4.57 Å². The Balaban J connectivity index is 2.06. The predicted octanol–water partition coefficient (Wildman–Crippen LogP) is 3.65. The van der Waals surface area contributed by atoms with Crippen LogP contribution in [0.3, 0.4) is 0 Å². The van der Waals surface area contributed by atoms with E-state index in [4.69, 9.17) is 0 Å². The van der Waals surface area contributed by atoms with E-state index in [0.29, 0.717) is 0 Å². The van der Waals surface area contributed by atoms with Gasteiger partial charge < -0.3 is 0 Å². The van der Waals surface area contributed by atoms with Gasteiger partial charge in [-0.05, 0) is 43.0 Å². The summed E-state index contributed by atoms with van der Waals surface area (Å²) in [5, 5.41) is 1.90. The van der Waals surface area contributed by atoms with Crippen molar-refractivity contribution in [3.05, 3.63) is 60.7 Å². The van der Waals surface area contributed by atoms with Gasteiger partial charge in [0.1, 0.15) is 0 Å². The van der Waals surface area contributed by atoms with Gasteiger partial charge >= 0.3 is 0 Å². The van der Waals surface area contributed by atoms with Gasteiger partial charge in [0.05, 0.1) is 0 Å². The highest BCUT2D eigenvalue weighted by molar-refractivity contribution is 7.76. The molecule has 0 aromatic heterocycles. The Bertz CT molecular complexity index is 575. The van der Waals surface area contributed by atoms with Crippen LogP contribution in [0, 0.1) is 5.92 Å². The Morgan fingerprint density at radius 2 is 1.29 bits per heavy atom. The molecule has 3 rings (SSSR count). The van der Waals surface area contributed by atoms with Crippen LogP contribution in [-0.2, 0) is 4.57 Å². The standard InChI is InChI=1S/C18H22NOP/c1-16-12-14-19(15-13-16)21(20,17-8-4-2-5-9-17)18-10-6-3-7-11-18/h2-11,16H,12-15H2,1H3. The van der Waals surface area contributed by atoms with Gasteiger partial charge in [-0.25, -0.2) is 4.67 Å². The van der Waals surface area contributed by atoms with Gasteiger partial charge in [-0.1, -0.05) is 43.3 Å². The Morgan fingerprint density at radius 3 is 1.71 bits per heavy atom. The molecular formula is C18H22NOP. The minimum Gasteiger partial charge on any atom is -0.296 e. The van der Waals surface area contributed by atoms with E-state index in [1.54, 1.807) is 0 Å². The quantitative estimate of drug-likeness (QED) is 0.806. The summed E-state index contributed by atoms with van der Waals surface area (Å²) in [7, 11) is -2.69. The molecule has 0 radical (unpaired) electrons. The monoisotopic (exact) mass is 299 g/mol. The van der Waals surface area contributed by atoms with Gasteiger partial charge in [0.2, 0.25) is 7.29 Å². The summed E-state index contributed by atoms with van der Waals surface area (Å²) >= 11 is 0. The molecule has 2 aromatic rings. The molecule has 0 atom stereocenters. The average Bonchev–Trinajstić information content (AvgIpc) is 2.56. The summed E-state index contributed by atoms with van der Waals surface area (Å²) in [6.07, 6.45) is 2.26. The molecule has 0 N–H and O–H groups in total. The SMILES string of the molecule is CC1CCN(P(=O)(c2ccccc2)c2ccccc2)CC1. The van der Waals surface area contributed by atoms with Crippen molar-refractivity contribution in [3.63, 3.8) is 0 Å². The zero-order valence-electron chi connectivity index (χ0n) is 12.5. The Hall–Kier alpha value is -1.37. The maximum Gasteiger partial charge on any atom is 0.207 e. The number of nitrogens with zero attached hydrogens (tertiary/aromatic N) is 1. The van der Waals surface area contributed by atoms with E-state index in [0.717, 1.165) is 42.5 Å². The number of rotatable bonds is 3. The third-order valence-electron chi connectivity index (χ3n) is 4.37. The summed E-state index contributed by atoms with van der Waals surface area (Å²) in [6.45, 7) is 4.12. The molecule has 1 aliphatic heterocycles. The maximum atomic E-state index is 14.0. The van der Waals surface area contributed by atoms with E-state index in [9.17, 15) is 4.57 Å². The lowest BCUT2D eigenvalue weighted by Gasteiger charge is -2.37. The molecule has 0 saturated carbocycles. The van der Waals surface area contributed by atoms with Crippen molar-refractivity contribution in [2.45, 2.75) is 19.8 Å². The first-order valence-corrected chi connectivity index (χ1v) is 9.34. The number of benzene rings is 2. The molecule has 110 valence electrons. The van der Waals surface area contributed by atoms with E-state index in [1.165, 1.54) is 0 Å². The summed E-state index contributed by atoms with van der Waals surface area (Å²) in [5.74, 6) is 0.737. The van der Waals surface area contributed by atoms with Crippen molar-refractivity contribution in [2.24, 2.45) is 5.92 Å². The first kappa shape index (κ1) is 14.6. The molecule has 0 bridgehead atoms. The largest absolute Gasteiger partial charge is 0.296 e. The molecular weight excluding hydrogens is 277 g/mol. The number of piperidine rings is 1. The molecule has 2 aromatic carbocycles. The van der Waals surface area contributed by atoms with Crippen molar-refractivity contribution in [1.29, 1.82) is 0 Å². The Morgan fingerprint density at radius 1 is 0.857 bits per heavy atom. The smallest absolute Gasteiger partial charge is 0.207 e. The molecule has 1 fully saturated rings.